The summed E-state index contributed by atoms with van der Waals surface area (Å²) in [5.41, 5.74) is 4.83. The first-order valence-corrected chi connectivity index (χ1v) is 3.91. The lowest BCUT2D eigenvalue weighted by Crippen LogP contribution is -2.27. The van der Waals surface area contributed by atoms with Gasteiger partial charge in [0.2, 0.25) is 0 Å². The highest BCUT2D eigenvalue weighted by Crippen LogP contribution is 2.22. The Hall–Kier alpha value is -0.620. The number of nitrogens with two attached hydrogens (primary N) is 1. The van der Waals surface area contributed by atoms with Gasteiger partial charge < -0.3 is 5.73 Å². The molecule has 1 aromatic heterocycles. The number of nitrogens with zero attached hydrogens (tertiary/aromatic N) is 2. The molecule has 0 amide bonds. The monoisotopic (exact) mass is 237 g/mol. The maximum absolute atomic E-state index is 12.8. The van der Waals surface area contributed by atoms with Crippen LogP contribution in [0, 0.1) is 0 Å². The summed E-state index contributed by atoms with van der Waals surface area (Å²) in [4.78, 5) is 6.87. The summed E-state index contributed by atoms with van der Waals surface area (Å²) in [5, 5.41) is 0. The van der Waals surface area contributed by atoms with Gasteiger partial charge in [0, 0.05) is 12.4 Å². The molecule has 0 saturated heterocycles. The Labute approximate surface area is 76.1 Å². The molecule has 0 aliphatic rings. The maximum atomic E-state index is 12.8. The Balaban J connectivity index is 2.96. The van der Waals surface area contributed by atoms with Crippen molar-refractivity contribution in [2.24, 2.45) is 5.73 Å². The van der Waals surface area contributed by atoms with Crippen molar-refractivity contribution < 1.29 is 8.78 Å². The molecule has 0 radical (unpaired) electrons. The number of hydrogen-bond donors (Lipinski definition) is 1. The third-order valence-electron chi connectivity index (χ3n) is 1.20. The predicted molar refractivity (Wildman–Crippen MR) is 42.7 cm³/mol. The molecule has 0 unspecified atom stereocenters. The van der Waals surface area contributed by atoms with Crippen molar-refractivity contribution in [1.29, 1.82) is 0 Å². The van der Waals surface area contributed by atoms with E-state index >= 15 is 0 Å². The van der Waals surface area contributed by atoms with E-state index in [1.807, 2.05) is 0 Å². The molecule has 0 bridgehead atoms. The van der Waals surface area contributed by atoms with Gasteiger partial charge in [0.05, 0.1) is 11.0 Å². The number of rotatable bonds is 2. The lowest BCUT2D eigenvalue weighted by atomic mass is 10.3. The molecule has 3 nitrogen and oxygen atoms in total. The van der Waals surface area contributed by atoms with E-state index in [0.717, 1.165) is 0 Å². The molecule has 0 aliphatic carbocycles. The first kappa shape index (κ1) is 9.47. The first-order chi connectivity index (χ1) is 5.56. The normalized spacial score (nSPS) is 11.7. The average Bonchev–Trinajstić information content (AvgIpc) is 2.05. The van der Waals surface area contributed by atoms with Crippen molar-refractivity contribution in [1.82, 2.24) is 9.97 Å². The molecule has 66 valence electrons. The highest BCUT2D eigenvalue weighted by Gasteiger charge is 2.32. The number of aromatic nitrogens is 2. The molecule has 0 saturated carbocycles. The minimum absolute atomic E-state index is 0.548. The molecule has 0 spiro atoms. The zero-order valence-electron chi connectivity index (χ0n) is 5.97. The third kappa shape index (κ3) is 1.95. The van der Waals surface area contributed by atoms with E-state index in [-0.39, 0.29) is 0 Å². The van der Waals surface area contributed by atoms with Gasteiger partial charge in [-0.15, -0.1) is 0 Å². The molecule has 0 aromatic carbocycles. The molecule has 0 atom stereocenters. The zero-order chi connectivity index (χ0) is 9.19. The third-order valence-corrected chi connectivity index (χ3v) is 1.61. The van der Waals surface area contributed by atoms with Crippen molar-refractivity contribution >= 4 is 15.9 Å². The van der Waals surface area contributed by atoms with Crippen LogP contribution in [0.15, 0.2) is 16.9 Å². The minimum Gasteiger partial charge on any atom is -0.325 e. The predicted octanol–water partition coefficient (Wildman–Crippen LogP) is 1.29. The standard InChI is InChI=1S/C6H6BrF2N3/c7-4-1-11-5(12-2-4)6(8,9)3-10/h1-2H,3,10H2. The minimum atomic E-state index is -3.14. The Bertz CT molecular complexity index is 262. The van der Waals surface area contributed by atoms with Gasteiger partial charge in [0.1, 0.15) is 0 Å². The van der Waals surface area contributed by atoms with Crippen molar-refractivity contribution in [3.63, 3.8) is 0 Å². The van der Waals surface area contributed by atoms with Gasteiger partial charge in [0.25, 0.3) is 0 Å². The summed E-state index contributed by atoms with van der Waals surface area (Å²) >= 11 is 3.03. The maximum Gasteiger partial charge on any atom is 0.318 e. The molecule has 2 N–H and O–H groups in total. The highest BCUT2D eigenvalue weighted by molar-refractivity contribution is 9.10. The van der Waals surface area contributed by atoms with Crippen LogP contribution in [0.1, 0.15) is 5.82 Å². The van der Waals surface area contributed by atoms with Crippen LogP contribution in [0.5, 0.6) is 0 Å². The van der Waals surface area contributed by atoms with E-state index in [9.17, 15) is 8.78 Å². The summed E-state index contributed by atoms with van der Waals surface area (Å²) in [6.45, 7) is -0.783. The molecule has 1 heterocycles. The second-order valence-corrected chi connectivity index (χ2v) is 3.05. The summed E-state index contributed by atoms with van der Waals surface area (Å²) in [7, 11) is 0. The van der Waals surface area contributed by atoms with E-state index in [2.05, 4.69) is 25.9 Å². The molecule has 1 aromatic rings. The molecular weight excluding hydrogens is 232 g/mol. The molecule has 0 aliphatic heterocycles. The molecule has 12 heavy (non-hydrogen) atoms. The van der Waals surface area contributed by atoms with Gasteiger partial charge in [-0.3, -0.25) is 0 Å². The van der Waals surface area contributed by atoms with E-state index in [4.69, 9.17) is 5.73 Å². The Morgan fingerprint density at radius 1 is 1.42 bits per heavy atom. The van der Waals surface area contributed by atoms with E-state index in [1.54, 1.807) is 0 Å². The van der Waals surface area contributed by atoms with Crippen molar-refractivity contribution in [3.8, 4) is 0 Å². The number of alkyl halides is 2. The largest absolute Gasteiger partial charge is 0.325 e. The highest BCUT2D eigenvalue weighted by atomic mass is 79.9. The first-order valence-electron chi connectivity index (χ1n) is 3.12. The Morgan fingerprint density at radius 2 is 1.92 bits per heavy atom. The van der Waals surface area contributed by atoms with Gasteiger partial charge >= 0.3 is 5.92 Å². The van der Waals surface area contributed by atoms with Gasteiger partial charge in [-0.1, -0.05) is 0 Å². The Morgan fingerprint density at radius 3 is 2.33 bits per heavy atom. The van der Waals surface area contributed by atoms with Crippen LogP contribution in [0.4, 0.5) is 8.78 Å². The van der Waals surface area contributed by atoms with Crippen LogP contribution in [-0.2, 0) is 5.92 Å². The quantitative estimate of drug-likeness (QED) is 0.844. The van der Waals surface area contributed by atoms with Crippen LogP contribution in [0.2, 0.25) is 0 Å². The lowest BCUT2D eigenvalue weighted by molar-refractivity contribution is -0.00359. The zero-order valence-corrected chi connectivity index (χ0v) is 7.55. The van der Waals surface area contributed by atoms with E-state index < -0.39 is 18.3 Å². The van der Waals surface area contributed by atoms with Gasteiger partial charge in [-0.2, -0.15) is 8.78 Å². The summed E-state index contributed by atoms with van der Waals surface area (Å²) in [5.74, 6) is -3.69. The summed E-state index contributed by atoms with van der Waals surface area (Å²) < 4.78 is 26.1. The second kappa shape index (κ2) is 3.40. The molecule has 0 fully saturated rings. The fraction of sp³-hybridized carbons (Fsp3) is 0.333. The van der Waals surface area contributed by atoms with Gasteiger partial charge in [0.15, 0.2) is 5.82 Å². The van der Waals surface area contributed by atoms with Gasteiger partial charge in [-0.25, -0.2) is 9.97 Å². The average molecular weight is 238 g/mol. The van der Waals surface area contributed by atoms with Crippen molar-refractivity contribution in [3.05, 3.63) is 22.7 Å². The van der Waals surface area contributed by atoms with Crippen molar-refractivity contribution in [2.75, 3.05) is 6.54 Å². The number of hydrogen-bond acceptors (Lipinski definition) is 3. The molecule has 6 heteroatoms. The van der Waals surface area contributed by atoms with Crippen LogP contribution >= 0.6 is 15.9 Å². The fourth-order valence-corrected chi connectivity index (χ4v) is 0.797. The smallest absolute Gasteiger partial charge is 0.318 e. The van der Waals surface area contributed by atoms with Gasteiger partial charge in [-0.05, 0) is 15.9 Å². The van der Waals surface area contributed by atoms with Crippen LogP contribution in [0.25, 0.3) is 0 Å². The fourth-order valence-electron chi connectivity index (χ4n) is 0.592. The van der Waals surface area contributed by atoms with Crippen LogP contribution in [-0.4, -0.2) is 16.5 Å². The number of halogens is 3. The second-order valence-electron chi connectivity index (χ2n) is 2.13. The molecule has 1 rings (SSSR count). The Kier molecular flexibility index (Phi) is 2.69. The molecular formula is C6H6BrF2N3. The van der Waals surface area contributed by atoms with E-state index in [0.29, 0.717) is 4.47 Å². The van der Waals surface area contributed by atoms with Crippen molar-refractivity contribution in [2.45, 2.75) is 5.92 Å². The van der Waals surface area contributed by atoms with Crippen LogP contribution in [0.3, 0.4) is 0 Å². The topological polar surface area (TPSA) is 51.8 Å². The summed E-state index contributed by atoms with van der Waals surface area (Å²) in [6.07, 6.45) is 2.51. The summed E-state index contributed by atoms with van der Waals surface area (Å²) in [6, 6.07) is 0. The van der Waals surface area contributed by atoms with E-state index in [1.165, 1.54) is 12.4 Å². The van der Waals surface area contributed by atoms with Crippen LogP contribution < -0.4 is 5.73 Å². The lowest BCUT2D eigenvalue weighted by Gasteiger charge is -2.10. The SMILES string of the molecule is NCC(F)(F)c1ncc(Br)cn1.